The lowest BCUT2D eigenvalue weighted by Crippen LogP contribution is -2.34. The third-order valence-electron chi connectivity index (χ3n) is 7.52. The fourth-order valence-electron chi connectivity index (χ4n) is 5.87. The Bertz CT molecular complexity index is 1010. The van der Waals surface area contributed by atoms with Crippen LogP contribution >= 0.6 is 0 Å². The predicted molar refractivity (Wildman–Crippen MR) is 132 cm³/mol. The summed E-state index contributed by atoms with van der Waals surface area (Å²) in [4.78, 5) is 0. The molecule has 1 heteroatoms. The highest BCUT2D eigenvalue weighted by atomic mass is 14.9. The molecule has 0 amide bonds. The summed E-state index contributed by atoms with van der Waals surface area (Å²) in [6, 6.07) is 13.3. The molecule has 2 aromatic carbocycles. The van der Waals surface area contributed by atoms with E-state index in [0.717, 1.165) is 43.8 Å². The van der Waals surface area contributed by atoms with E-state index in [9.17, 15) is 0 Å². The Morgan fingerprint density at radius 3 is 2.39 bits per heavy atom. The second kappa shape index (κ2) is 9.29. The fraction of sp³-hybridized carbons (Fsp3) is 0.400. The van der Waals surface area contributed by atoms with Crippen molar-refractivity contribution in [3.05, 3.63) is 94.1 Å². The van der Waals surface area contributed by atoms with E-state index in [1.54, 1.807) is 0 Å². The van der Waals surface area contributed by atoms with E-state index in [4.69, 9.17) is 6.42 Å². The van der Waals surface area contributed by atoms with Gasteiger partial charge in [0.05, 0.1) is 0 Å². The average molecular weight is 410 g/mol. The molecule has 1 N–H and O–H groups in total. The van der Waals surface area contributed by atoms with Crippen LogP contribution in [0.1, 0.15) is 65.0 Å². The SMILES string of the molecule is C#Cc1ccc(Cc2cccc(C3CC(=C)C(C4CCNCC4)C(=C)C3)c2C)cc1C. The molecule has 0 atom stereocenters. The van der Waals surface area contributed by atoms with Crippen molar-refractivity contribution in [2.45, 2.75) is 51.9 Å². The van der Waals surface area contributed by atoms with Gasteiger partial charge in [-0.05, 0) is 105 Å². The van der Waals surface area contributed by atoms with Crippen LogP contribution in [-0.4, -0.2) is 13.1 Å². The molecule has 4 rings (SSSR count). The van der Waals surface area contributed by atoms with Crippen LogP contribution in [0.3, 0.4) is 0 Å². The lowest BCUT2D eigenvalue weighted by Gasteiger charge is -2.40. The molecular formula is C30H35N. The summed E-state index contributed by atoms with van der Waals surface area (Å²) in [6.45, 7) is 15.7. The van der Waals surface area contributed by atoms with Crippen LogP contribution in [0.4, 0.5) is 0 Å². The van der Waals surface area contributed by atoms with E-state index < -0.39 is 0 Å². The maximum Gasteiger partial charge on any atom is 0.0271 e. The minimum atomic E-state index is 0.503. The first-order chi connectivity index (χ1) is 15.0. The van der Waals surface area contributed by atoms with E-state index in [2.05, 4.69) is 74.6 Å². The quantitative estimate of drug-likeness (QED) is 0.450. The number of hydrogen-bond donors (Lipinski definition) is 1. The van der Waals surface area contributed by atoms with Crippen molar-refractivity contribution in [2.24, 2.45) is 11.8 Å². The number of rotatable bonds is 4. The minimum Gasteiger partial charge on any atom is -0.317 e. The molecule has 2 aliphatic rings. The maximum absolute atomic E-state index is 5.59. The molecule has 1 saturated heterocycles. The highest BCUT2D eigenvalue weighted by Crippen LogP contribution is 2.46. The van der Waals surface area contributed by atoms with E-state index in [0.29, 0.717) is 11.8 Å². The van der Waals surface area contributed by atoms with Crippen molar-refractivity contribution in [2.75, 3.05) is 13.1 Å². The van der Waals surface area contributed by atoms with E-state index >= 15 is 0 Å². The first-order valence-corrected chi connectivity index (χ1v) is 11.7. The zero-order chi connectivity index (χ0) is 22.0. The zero-order valence-corrected chi connectivity index (χ0v) is 19.1. The molecule has 1 heterocycles. The summed E-state index contributed by atoms with van der Waals surface area (Å²) < 4.78 is 0. The highest BCUT2D eigenvalue weighted by Gasteiger charge is 2.34. The molecule has 0 unspecified atom stereocenters. The monoisotopic (exact) mass is 409 g/mol. The molecule has 160 valence electrons. The Morgan fingerprint density at radius 1 is 1.03 bits per heavy atom. The van der Waals surface area contributed by atoms with Gasteiger partial charge in [0, 0.05) is 11.5 Å². The molecule has 0 radical (unpaired) electrons. The van der Waals surface area contributed by atoms with Crippen molar-refractivity contribution in [3.8, 4) is 12.3 Å². The Kier molecular flexibility index (Phi) is 6.49. The van der Waals surface area contributed by atoms with Gasteiger partial charge in [-0.15, -0.1) is 6.42 Å². The molecular weight excluding hydrogens is 374 g/mol. The number of piperidine rings is 1. The second-order valence-electron chi connectivity index (χ2n) is 9.59. The summed E-state index contributed by atoms with van der Waals surface area (Å²) in [5, 5.41) is 3.49. The molecule has 1 saturated carbocycles. The number of aryl methyl sites for hydroxylation is 1. The van der Waals surface area contributed by atoms with Gasteiger partial charge in [-0.3, -0.25) is 0 Å². The lowest BCUT2D eigenvalue weighted by atomic mass is 9.66. The summed E-state index contributed by atoms with van der Waals surface area (Å²) in [7, 11) is 0. The Hall–Kier alpha value is -2.56. The summed E-state index contributed by atoms with van der Waals surface area (Å²) in [6.07, 6.45) is 11.2. The number of hydrogen-bond acceptors (Lipinski definition) is 1. The maximum atomic E-state index is 5.59. The lowest BCUT2D eigenvalue weighted by molar-refractivity contribution is 0.292. The molecule has 2 fully saturated rings. The molecule has 2 aromatic rings. The molecule has 0 aromatic heterocycles. The van der Waals surface area contributed by atoms with Crippen LogP contribution in [-0.2, 0) is 6.42 Å². The van der Waals surface area contributed by atoms with Gasteiger partial charge in [0.1, 0.15) is 0 Å². The highest BCUT2D eigenvalue weighted by molar-refractivity contribution is 5.45. The summed E-state index contributed by atoms with van der Waals surface area (Å²) >= 11 is 0. The third-order valence-corrected chi connectivity index (χ3v) is 7.52. The van der Waals surface area contributed by atoms with Gasteiger partial charge in [0.2, 0.25) is 0 Å². The van der Waals surface area contributed by atoms with Crippen LogP contribution in [0, 0.1) is 38.0 Å². The van der Waals surface area contributed by atoms with Crippen molar-refractivity contribution in [1.29, 1.82) is 0 Å². The van der Waals surface area contributed by atoms with Crippen LogP contribution in [0.2, 0.25) is 0 Å². The van der Waals surface area contributed by atoms with E-state index in [-0.39, 0.29) is 0 Å². The van der Waals surface area contributed by atoms with Gasteiger partial charge in [-0.2, -0.15) is 0 Å². The Labute approximate surface area is 188 Å². The van der Waals surface area contributed by atoms with Gasteiger partial charge in [-0.1, -0.05) is 60.6 Å². The van der Waals surface area contributed by atoms with Gasteiger partial charge in [-0.25, -0.2) is 0 Å². The fourth-order valence-corrected chi connectivity index (χ4v) is 5.87. The number of allylic oxidation sites excluding steroid dienone is 2. The normalized spacial score (nSPS) is 22.4. The number of benzene rings is 2. The Balaban J connectivity index is 1.53. The zero-order valence-electron chi connectivity index (χ0n) is 19.1. The van der Waals surface area contributed by atoms with E-state index in [1.165, 1.54) is 51.8 Å². The summed E-state index contributed by atoms with van der Waals surface area (Å²) in [5.74, 6) is 4.51. The minimum absolute atomic E-state index is 0.503. The molecule has 0 spiro atoms. The van der Waals surface area contributed by atoms with Gasteiger partial charge >= 0.3 is 0 Å². The van der Waals surface area contributed by atoms with Crippen LogP contribution in [0.5, 0.6) is 0 Å². The van der Waals surface area contributed by atoms with Crippen LogP contribution in [0.25, 0.3) is 0 Å². The number of terminal acetylenes is 1. The van der Waals surface area contributed by atoms with Crippen molar-refractivity contribution >= 4 is 0 Å². The van der Waals surface area contributed by atoms with E-state index in [1.807, 2.05) is 0 Å². The molecule has 1 aliphatic carbocycles. The average Bonchev–Trinajstić information content (AvgIpc) is 2.75. The standard InChI is InChI=1S/C30H35N/c1-6-25-11-10-24(16-20(25)2)19-27-8-7-9-29(23(27)5)28-17-21(3)30(22(4)18-28)26-12-14-31-15-13-26/h1,7-11,16,26,28,30-31H,3-4,12-15,17-19H2,2,5H3. The van der Waals surface area contributed by atoms with Crippen LogP contribution in [0.15, 0.2) is 60.7 Å². The van der Waals surface area contributed by atoms with Crippen molar-refractivity contribution < 1.29 is 0 Å². The molecule has 1 nitrogen and oxygen atoms in total. The van der Waals surface area contributed by atoms with Gasteiger partial charge in [0.15, 0.2) is 0 Å². The third kappa shape index (κ3) is 4.56. The Morgan fingerprint density at radius 2 is 1.74 bits per heavy atom. The first-order valence-electron chi connectivity index (χ1n) is 11.7. The molecule has 0 bridgehead atoms. The smallest absolute Gasteiger partial charge is 0.0271 e. The van der Waals surface area contributed by atoms with Gasteiger partial charge in [0.25, 0.3) is 0 Å². The topological polar surface area (TPSA) is 12.0 Å². The number of nitrogens with one attached hydrogen (secondary N) is 1. The molecule has 31 heavy (non-hydrogen) atoms. The second-order valence-corrected chi connectivity index (χ2v) is 9.59. The molecule has 1 aliphatic heterocycles. The van der Waals surface area contributed by atoms with Crippen LogP contribution < -0.4 is 5.32 Å². The van der Waals surface area contributed by atoms with Crippen molar-refractivity contribution in [3.63, 3.8) is 0 Å². The largest absolute Gasteiger partial charge is 0.317 e. The first kappa shape index (κ1) is 21.7. The predicted octanol–water partition coefficient (Wildman–Crippen LogP) is 6.48. The van der Waals surface area contributed by atoms with Gasteiger partial charge < -0.3 is 5.32 Å². The van der Waals surface area contributed by atoms with Crippen molar-refractivity contribution in [1.82, 2.24) is 5.32 Å². The summed E-state index contributed by atoms with van der Waals surface area (Å²) in [5.41, 5.74) is 10.6.